The van der Waals surface area contributed by atoms with Crippen LogP contribution in [0.4, 0.5) is 0 Å². The summed E-state index contributed by atoms with van der Waals surface area (Å²) in [5.74, 6) is 0.409. The smallest absolute Gasteiger partial charge is 0.302 e. The van der Waals surface area contributed by atoms with Crippen molar-refractivity contribution in [2.45, 2.75) is 65.2 Å². The highest BCUT2D eigenvalue weighted by Gasteiger charge is 2.52. The molecule has 2 aliphatic carbocycles. The molecule has 0 unspecified atom stereocenters. The summed E-state index contributed by atoms with van der Waals surface area (Å²) in [4.78, 5) is 11.3. The Morgan fingerprint density at radius 2 is 2.04 bits per heavy atom. The Kier molecular flexibility index (Phi) is 4.36. The molecule has 0 amide bonds. The lowest BCUT2D eigenvalue weighted by molar-refractivity contribution is -0.148. The van der Waals surface area contributed by atoms with E-state index in [-0.39, 0.29) is 16.8 Å². The lowest BCUT2D eigenvalue weighted by Crippen LogP contribution is -2.51. The quantitative estimate of drug-likeness (QED) is 0.705. The Bertz CT molecular complexity index is 675. The molecule has 0 heterocycles. The van der Waals surface area contributed by atoms with Crippen molar-refractivity contribution >= 4 is 11.5 Å². The molecule has 1 saturated carbocycles. The van der Waals surface area contributed by atoms with Crippen LogP contribution in [0.15, 0.2) is 24.8 Å². The molecule has 0 aliphatic heterocycles. The van der Waals surface area contributed by atoms with Gasteiger partial charge < -0.3 is 4.74 Å². The summed E-state index contributed by atoms with van der Waals surface area (Å²) in [7, 11) is 0. The molecule has 130 valence electrons. The predicted molar refractivity (Wildman–Crippen MR) is 98.9 cm³/mol. The maximum Gasteiger partial charge on any atom is 0.302 e. The van der Waals surface area contributed by atoms with Crippen LogP contribution >= 0.6 is 0 Å². The van der Waals surface area contributed by atoms with Gasteiger partial charge >= 0.3 is 5.97 Å². The molecule has 2 nitrogen and oxygen atoms in total. The van der Waals surface area contributed by atoms with Crippen LogP contribution in [0, 0.1) is 11.3 Å². The van der Waals surface area contributed by atoms with Crippen molar-refractivity contribution in [3.05, 3.63) is 41.5 Å². The van der Waals surface area contributed by atoms with Crippen LogP contribution in [0.3, 0.4) is 0 Å². The van der Waals surface area contributed by atoms with Crippen molar-refractivity contribution in [2.75, 3.05) is 6.61 Å². The number of carbonyl (C=O) groups is 1. The average molecular weight is 326 g/mol. The van der Waals surface area contributed by atoms with E-state index in [0.717, 1.165) is 18.4 Å². The summed E-state index contributed by atoms with van der Waals surface area (Å²) in [6.45, 7) is 13.0. The van der Waals surface area contributed by atoms with Gasteiger partial charge in [-0.25, -0.2) is 0 Å². The molecule has 3 rings (SSSR count). The number of hydrogen-bond donors (Lipinski definition) is 0. The lowest BCUT2D eigenvalue weighted by Gasteiger charge is -2.55. The van der Waals surface area contributed by atoms with Crippen molar-refractivity contribution in [1.29, 1.82) is 0 Å². The zero-order chi connectivity index (χ0) is 17.5. The summed E-state index contributed by atoms with van der Waals surface area (Å²) in [5, 5.41) is 0. The molecule has 0 radical (unpaired) electrons. The molecule has 0 spiro atoms. The first kappa shape index (κ1) is 17.3. The molecule has 0 N–H and O–H groups in total. The standard InChI is InChI=1S/C22H30O2/c1-15(2)17-7-9-19-18(13-17)8-10-20-21(4,14-24-16(3)23)11-6-12-22(19,20)5/h7,9,13,20H,1,6,8,10-12,14H2,2-5H3/t20-,21-,22+/m0/s1. The number of fused-ring (bicyclic) bond motifs is 3. The third kappa shape index (κ3) is 2.81. The number of esters is 1. The van der Waals surface area contributed by atoms with E-state index in [1.165, 1.54) is 42.9 Å². The summed E-state index contributed by atoms with van der Waals surface area (Å²) in [6, 6.07) is 6.91. The van der Waals surface area contributed by atoms with Gasteiger partial charge in [0.05, 0.1) is 6.61 Å². The molecule has 1 aromatic carbocycles. The third-order valence-electron chi connectivity index (χ3n) is 6.58. The van der Waals surface area contributed by atoms with E-state index in [1.807, 2.05) is 0 Å². The molecule has 1 fully saturated rings. The van der Waals surface area contributed by atoms with E-state index in [9.17, 15) is 4.79 Å². The summed E-state index contributed by atoms with van der Waals surface area (Å²) in [5.41, 5.74) is 5.67. The normalized spacial score (nSPS) is 31.8. The van der Waals surface area contributed by atoms with Crippen LogP contribution in [0.5, 0.6) is 0 Å². The summed E-state index contributed by atoms with van der Waals surface area (Å²) in [6.07, 6.45) is 5.88. The van der Waals surface area contributed by atoms with Crippen molar-refractivity contribution in [1.82, 2.24) is 0 Å². The molecule has 0 aromatic heterocycles. The van der Waals surface area contributed by atoms with Crippen LogP contribution in [0.25, 0.3) is 5.57 Å². The fourth-order valence-electron chi connectivity index (χ4n) is 5.33. The maximum atomic E-state index is 11.3. The molecule has 3 atom stereocenters. The predicted octanol–water partition coefficient (Wildman–Crippen LogP) is 5.29. The Hall–Kier alpha value is -1.57. The van der Waals surface area contributed by atoms with Gasteiger partial charge in [-0.2, -0.15) is 0 Å². The molecule has 0 saturated heterocycles. The highest BCUT2D eigenvalue weighted by Crippen LogP contribution is 2.57. The number of carbonyl (C=O) groups excluding carboxylic acids is 1. The monoisotopic (exact) mass is 326 g/mol. The van der Waals surface area contributed by atoms with Gasteiger partial charge in [0.15, 0.2) is 0 Å². The summed E-state index contributed by atoms with van der Waals surface area (Å²) < 4.78 is 5.47. The van der Waals surface area contributed by atoms with Crippen LogP contribution in [-0.2, 0) is 21.4 Å². The minimum Gasteiger partial charge on any atom is -0.465 e. The van der Waals surface area contributed by atoms with Gasteiger partial charge in [-0.05, 0) is 60.6 Å². The lowest BCUT2D eigenvalue weighted by atomic mass is 9.50. The molecule has 24 heavy (non-hydrogen) atoms. The summed E-state index contributed by atoms with van der Waals surface area (Å²) >= 11 is 0. The van der Waals surface area contributed by atoms with Gasteiger partial charge in [0.25, 0.3) is 0 Å². The van der Waals surface area contributed by atoms with E-state index in [1.54, 1.807) is 0 Å². The zero-order valence-electron chi connectivity index (χ0n) is 15.6. The van der Waals surface area contributed by atoms with Crippen LogP contribution in [0.1, 0.15) is 70.1 Å². The Balaban J connectivity index is 1.97. The highest BCUT2D eigenvalue weighted by molar-refractivity contribution is 5.66. The minimum absolute atomic E-state index is 0.0867. The first-order chi connectivity index (χ1) is 11.3. The Morgan fingerprint density at radius 3 is 2.71 bits per heavy atom. The minimum atomic E-state index is -0.161. The number of rotatable bonds is 3. The Morgan fingerprint density at radius 1 is 1.29 bits per heavy atom. The van der Waals surface area contributed by atoms with Gasteiger partial charge in [0.1, 0.15) is 0 Å². The molecule has 1 aromatic rings. The van der Waals surface area contributed by atoms with E-state index in [4.69, 9.17) is 4.74 Å². The fourth-order valence-corrected chi connectivity index (χ4v) is 5.33. The molecule has 2 heteroatoms. The first-order valence-electron chi connectivity index (χ1n) is 9.19. The van der Waals surface area contributed by atoms with Crippen LogP contribution < -0.4 is 0 Å². The van der Waals surface area contributed by atoms with Gasteiger partial charge in [-0.3, -0.25) is 4.79 Å². The van der Waals surface area contributed by atoms with Crippen molar-refractivity contribution in [3.8, 4) is 0 Å². The first-order valence-corrected chi connectivity index (χ1v) is 9.19. The number of allylic oxidation sites excluding steroid dienone is 1. The Labute approximate surface area is 146 Å². The van der Waals surface area contributed by atoms with Gasteiger partial charge in [0.2, 0.25) is 0 Å². The van der Waals surface area contributed by atoms with Gasteiger partial charge in [0, 0.05) is 12.3 Å². The van der Waals surface area contributed by atoms with Crippen molar-refractivity contribution < 1.29 is 9.53 Å². The second-order valence-electron chi connectivity index (χ2n) is 8.45. The van der Waals surface area contributed by atoms with Crippen LogP contribution in [0.2, 0.25) is 0 Å². The zero-order valence-corrected chi connectivity index (χ0v) is 15.6. The maximum absolute atomic E-state index is 11.3. The van der Waals surface area contributed by atoms with E-state index in [2.05, 4.69) is 45.5 Å². The van der Waals surface area contributed by atoms with Gasteiger partial charge in [-0.1, -0.05) is 50.6 Å². The SMILES string of the molecule is C=C(C)c1ccc2c(c1)CC[C@H]1[C@](C)(COC(C)=O)CCC[C@]21C. The fraction of sp³-hybridized carbons (Fsp3) is 0.591. The molecular weight excluding hydrogens is 296 g/mol. The van der Waals surface area contributed by atoms with Crippen molar-refractivity contribution in [3.63, 3.8) is 0 Å². The average Bonchev–Trinajstić information content (AvgIpc) is 2.52. The number of benzene rings is 1. The molecule has 2 aliphatic rings. The largest absolute Gasteiger partial charge is 0.465 e. The second kappa shape index (κ2) is 6.06. The van der Waals surface area contributed by atoms with E-state index in [0.29, 0.717) is 12.5 Å². The van der Waals surface area contributed by atoms with Crippen molar-refractivity contribution in [2.24, 2.45) is 11.3 Å². The highest BCUT2D eigenvalue weighted by atomic mass is 16.5. The van der Waals surface area contributed by atoms with E-state index >= 15 is 0 Å². The molecule has 0 bridgehead atoms. The topological polar surface area (TPSA) is 26.3 Å². The number of aryl methyl sites for hydroxylation is 1. The van der Waals surface area contributed by atoms with E-state index < -0.39 is 0 Å². The number of hydrogen-bond acceptors (Lipinski definition) is 2. The third-order valence-corrected chi connectivity index (χ3v) is 6.58. The second-order valence-corrected chi connectivity index (χ2v) is 8.45. The van der Waals surface area contributed by atoms with Crippen LogP contribution in [-0.4, -0.2) is 12.6 Å². The number of ether oxygens (including phenoxy) is 1. The van der Waals surface area contributed by atoms with Gasteiger partial charge in [-0.15, -0.1) is 0 Å². The molecular formula is C22H30O2.